The number of amides is 3. The molecule has 6 rings (SSSR count). The summed E-state index contributed by atoms with van der Waals surface area (Å²) in [6, 6.07) is 15.2. The van der Waals surface area contributed by atoms with E-state index in [-0.39, 0.29) is 59.7 Å². The second-order valence-corrected chi connectivity index (χ2v) is 16.9. The standard InChI is InChI=1S/C38H39Cl2N5O8S/c1-38(2,3)53-37(49)45(21-25-11-13-31(46)42-25)20-24-10-12-29(43-35(24)52-4)28-7-5-6-26(32(28)39)27-14-15-41-34(33(27)40)22-8-9-23-19-44(36(47)48)16-17-54(50,51)30(23)18-22/h5-10,12,14-15,18,25H,11,13,16-17,19-21H2,1-4H3,(H,42,46)(H,47,48). The molecule has 0 saturated carbocycles. The summed E-state index contributed by atoms with van der Waals surface area (Å²) in [5.74, 6) is -0.135. The van der Waals surface area contributed by atoms with Crippen molar-refractivity contribution in [2.75, 3.05) is 26.0 Å². The molecule has 1 fully saturated rings. The van der Waals surface area contributed by atoms with Crippen LogP contribution in [-0.4, -0.2) is 89.0 Å². The molecule has 3 amide bonds. The SMILES string of the molecule is COc1nc(-c2cccc(-c3ccnc(-c4ccc5c(c4)S(=O)(=O)CCN(C(=O)O)C5)c3Cl)c2Cl)ccc1CN(CC1CCC(=O)N1)C(=O)OC(C)(C)C. The minimum Gasteiger partial charge on any atom is -0.481 e. The highest BCUT2D eigenvalue weighted by Crippen LogP contribution is 2.42. The molecule has 284 valence electrons. The van der Waals surface area contributed by atoms with E-state index in [0.29, 0.717) is 62.6 Å². The van der Waals surface area contributed by atoms with Crippen LogP contribution in [0, 0.1) is 0 Å². The fourth-order valence-corrected chi connectivity index (χ4v) is 8.60. The van der Waals surface area contributed by atoms with Crippen LogP contribution >= 0.6 is 23.2 Å². The average molecular weight is 797 g/mol. The molecule has 2 aliphatic heterocycles. The summed E-state index contributed by atoms with van der Waals surface area (Å²) in [5, 5.41) is 13.0. The zero-order chi connectivity index (χ0) is 38.9. The van der Waals surface area contributed by atoms with Crippen molar-refractivity contribution in [3.05, 3.63) is 82.0 Å². The lowest BCUT2D eigenvalue weighted by Gasteiger charge is -2.29. The van der Waals surface area contributed by atoms with Crippen molar-refractivity contribution in [3.8, 4) is 39.5 Å². The van der Waals surface area contributed by atoms with Crippen molar-refractivity contribution in [2.45, 2.75) is 63.2 Å². The van der Waals surface area contributed by atoms with Gasteiger partial charge in [-0.15, -0.1) is 0 Å². The highest BCUT2D eigenvalue weighted by atomic mass is 35.5. The topological polar surface area (TPSA) is 168 Å². The minimum atomic E-state index is -3.78. The number of fused-ring (bicyclic) bond motifs is 1. The first-order valence-corrected chi connectivity index (χ1v) is 19.5. The van der Waals surface area contributed by atoms with Crippen LogP contribution in [0.3, 0.4) is 0 Å². The molecule has 2 N–H and O–H groups in total. The van der Waals surface area contributed by atoms with E-state index in [0.717, 1.165) is 4.90 Å². The third-order valence-corrected chi connectivity index (χ3v) is 11.6. The van der Waals surface area contributed by atoms with Crippen LogP contribution in [0.5, 0.6) is 5.88 Å². The molecule has 13 nitrogen and oxygen atoms in total. The van der Waals surface area contributed by atoms with Gasteiger partial charge >= 0.3 is 12.2 Å². The van der Waals surface area contributed by atoms with Gasteiger partial charge in [0.25, 0.3) is 0 Å². The van der Waals surface area contributed by atoms with Crippen molar-refractivity contribution in [3.63, 3.8) is 0 Å². The Labute approximate surface area is 323 Å². The summed E-state index contributed by atoms with van der Waals surface area (Å²) >= 11 is 14.1. The minimum absolute atomic E-state index is 0.0371. The Bertz CT molecular complexity index is 2250. The van der Waals surface area contributed by atoms with Crippen molar-refractivity contribution >= 4 is 51.1 Å². The number of rotatable bonds is 8. The normalized spacial score (nSPS) is 16.6. The first kappa shape index (κ1) is 38.8. The van der Waals surface area contributed by atoms with Crippen LogP contribution < -0.4 is 10.1 Å². The van der Waals surface area contributed by atoms with Crippen molar-refractivity contribution in [2.24, 2.45) is 0 Å². The zero-order valence-corrected chi connectivity index (χ0v) is 32.4. The molecular formula is C38H39Cl2N5O8S. The second kappa shape index (κ2) is 15.4. The van der Waals surface area contributed by atoms with Gasteiger partial charge in [-0.1, -0.05) is 53.5 Å². The number of hydrogen-bond acceptors (Lipinski definition) is 9. The summed E-state index contributed by atoms with van der Waals surface area (Å²) < 4.78 is 37.7. The first-order chi connectivity index (χ1) is 25.5. The van der Waals surface area contributed by atoms with Gasteiger partial charge < -0.3 is 29.7 Å². The molecule has 1 saturated heterocycles. The Morgan fingerprint density at radius 1 is 1.06 bits per heavy atom. The zero-order valence-electron chi connectivity index (χ0n) is 30.1. The summed E-state index contributed by atoms with van der Waals surface area (Å²) in [6.07, 6.45) is 0.824. The molecule has 0 bridgehead atoms. The molecule has 0 spiro atoms. The molecule has 2 aromatic heterocycles. The average Bonchev–Trinajstić information content (AvgIpc) is 3.47. The number of benzene rings is 2. The highest BCUT2D eigenvalue weighted by molar-refractivity contribution is 7.91. The maximum atomic E-state index is 13.3. The molecule has 0 aliphatic carbocycles. The van der Waals surface area contributed by atoms with Crippen LogP contribution in [0.1, 0.15) is 44.7 Å². The number of pyridine rings is 2. The number of carbonyl (C=O) groups excluding carboxylic acids is 2. The van der Waals surface area contributed by atoms with E-state index in [1.807, 2.05) is 0 Å². The van der Waals surface area contributed by atoms with Gasteiger partial charge in [0.05, 0.1) is 52.3 Å². The Balaban J connectivity index is 1.31. The molecule has 2 aliphatic rings. The number of carbonyl (C=O) groups is 3. The summed E-state index contributed by atoms with van der Waals surface area (Å²) in [4.78, 5) is 48.6. The van der Waals surface area contributed by atoms with Gasteiger partial charge in [0.2, 0.25) is 11.8 Å². The third kappa shape index (κ3) is 8.40. The lowest BCUT2D eigenvalue weighted by atomic mass is 9.99. The number of nitrogens with zero attached hydrogens (tertiary/aromatic N) is 4. The number of methoxy groups -OCH3 is 1. The van der Waals surface area contributed by atoms with Gasteiger partial charge in [-0.25, -0.2) is 23.0 Å². The second-order valence-electron chi connectivity index (χ2n) is 14.1. The van der Waals surface area contributed by atoms with E-state index >= 15 is 0 Å². The highest BCUT2D eigenvalue weighted by Gasteiger charge is 2.31. The molecule has 4 heterocycles. The quantitative estimate of drug-likeness (QED) is 0.188. The maximum absolute atomic E-state index is 13.3. The molecule has 16 heteroatoms. The van der Waals surface area contributed by atoms with E-state index in [9.17, 15) is 27.9 Å². The van der Waals surface area contributed by atoms with Crippen LogP contribution in [0.2, 0.25) is 10.0 Å². The first-order valence-electron chi connectivity index (χ1n) is 17.1. The van der Waals surface area contributed by atoms with Gasteiger partial charge in [-0.3, -0.25) is 9.78 Å². The molecular weight excluding hydrogens is 757 g/mol. The number of nitrogens with one attached hydrogen (secondary N) is 1. The van der Waals surface area contributed by atoms with Crippen molar-refractivity contribution in [1.82, 2.24) is 25.1 Å². The Hall–Kier alpha value is -4.92. The predicted octanol–water partition coefficient (Wildman–Crippen LogP) is 7.08. The number of aromatic nitrogens is 2. The fourth-order valence-electron chi connectivity index (χ4n) is 6.43. The lowest BCUT2D eigenvalue weighted by molar-refractivity contribution is -0.119. The summed E-state index contributed by atoms with van der Waals surface area (Å²) in [5.41, 5.74) is 3.20. The largest absolute Gasteiger partial charge is 0.481 e. The van der Waals surface area contributed by atoms with Gasteiger partial charge in [-0.2, -0.15) is 0 Å². The number of halogens is 2. The number of hydrogen-bond donors (Lipinski definition) is 2. The number of ether oxygens (including phenoxy) is 2. The van der Waals surface area contributed by atoms with Gasteiger partial charge in [-0.05, 0) is 57.0 Å². The molecule has 0 radical (unpaired) electrons. The van der Waals surface area contributed by atoms with E-state index in [4.69, 9.17) is 37.7 Å². The van der Waals surface area contributed by atoms with Crippen LogP contribution in [-0.2, 0) is 32.5 Å². The summed E-state index contributed by atoms with van der Waals surface area (Å²) in [7, 11) is -2.30. The van der Waals surface area contributed by atoms with Gasteiger partial charge in [0.15, 0.2) is 9.84 Å². The third-order valence-electron chi connectivity index (χ3n) is 9.06. The monoisotopic (exact) mass is 795 g/mol. The molecule has 1 atom stereocenters. The van der Waals surface area contributed by atoms with E-state index in [1.165, 1.54) is 18.1 Å². The smallest absolute Gasteiger partial charge is 0.410 e. The Morgan fingerprint density at radius 2 is 1.80 bits per heavy atom. The van der Waals surface area contributed by atoms with Gasteiger partial charge in [0.1, 0.15) is 5.60 Å². The lowest BCUT2D eigenvalue weighted by Crippen LogP contribution is -2.43. The van der Waals surface area contributed by atoms with E-state index in [2.05, 4.69) is 10.3 Å². The van der Waals surface area contributed by atoms with Gasteiger partial charge in [0, 0.05) is 59.6 Å². The van der Waals surface area contributed by atoms with E-state index < -0.39 is 27.6 Å². The van der Waals surface area contributed by atoms with Crippen molar-refractivity contribution < 1.29 is 37.4 Å². The van der Waals surface area contributed by atoms with Crippen LogP contribution in [0.4, 0.5) is 9.59 Å². The van der Waals surface area contributed by atoms with Crippen LogP contribution in [0.25, 0.3) is 33.6 Å². The van der Waals surface area contributed by atoms with Crippen molar-refractivity contribution in [1.29, 1.82) is 0 Å². The number of sulfone groups is 1. The Kier molecular flexibility index (Phi) is 11.1. The van der Waals surface area contributed by atoms with Crippen LogP contribution in [0.15, 0.2) is 65.7 Å². The molecule has 4 aromatic rings. The fraction of sp³-hybridized carbons (Fsp3) is 0.342. The molecule has 2 aromatic carbocycles. The summed E-state index contributed by atoms with van der Waals surface area (Å²) in [6.45, 7) is 5.52. The maximum Gasteiger partial charge on any atom is 0.410 e. The molecule has 54 heavy (non-hydrogen) atoms. The van der Waals surface area contributed by atoms with E-state index in [1.54, 1.807) is 75.5 Å². The Morgan fingerprint density at radius 3 is 2.48 bits per heavy atom. The number of carboxylic acid groups (broad SMARTS) is 1. The predicted molar refractivity (Wildman–Crippen MR) is 203 cm³/mol. The molecule has 1 unspecified atom stereocenters.